The van der Waals surface area contributed by atoms with Gasteiger partial charge in [-0.25, -0.2) is 4.98 Å². The van der Waals surface area contributed by atoms with Crippen LogP contribution in [0.1, 0.15) is 23.2 Å². The molecule has 126 valence electrons. The standard InChI is InChI=1S/C15H20N8S/c1-4-12-10(2)18-14-16-9-17-23(14)13(12)21-5-7-22(8-6-21)15-20-19-11(3)24-15/h9H,4-8H2,1-3H3. The minimum absolute atomic E-state index is 0.668. The summed E-state index contributed by atoms with van der Waals surface area (Å²) >= 11 is 1.65. The fraction of sp³-hybridized carbons (Fsp3) is 0.533. The summed E-state index contributed by atoms with van der Waals surface area (Å²) in [6.45, 7) is 9.90. The van der Waals surface area contributed by atoms with Gasteiger partial charge >= 0.3 is 0 Å². The van der Waals surface area contributed by atoms with E-state index in [0.717, 1.165) is 54.3 Å². The molecule has 0 bridgehead atoms. The first-order chi connectivity index (χ1) is 11.7. The highest BCUT2D eigenvalue weighted by Gasteiger charge is 2.24. The van der Waals surface area contributed by atoms with Crippen LogP contribution in [0.2, 0.25) is 0 Å². The van der Waals surface area contributed by atoms with Crippen LogP contribution in [0, 0.1) is 13.8 Å². The number of anilines is 2. The average molecular weight is 344 g/mol. The van der Waals surface area contributed by atoms with Gasteiger partial charge in [0.15, 0.2) is 0 Å². The lowest BCUT2D eigenvalue weighted by atomic mass is 10.1. The molecule has 1 saturated heterocycles. The zero-order valence-corrected chi connectivity index (χ0v) is 14.9. The maximum absolute atomic E-state index is 4.56. The third-order valence-electron chi connectivity index (χ3n) is 4.42. The van der Waals surface area contributed by atoms with E-state index in [0.29, 0.717) is 5.78 Å². The lowest BCUT2D eigenvalue weighted by molar-refractivity contribution is 0.631. The molecule has 3 aromatic rings. The smallest absolute Gasteiger partial charge is 0.254 e. The monoisotopic (exact) mass is 344 g/mol. The van der Waals surface area contributed by atoms with Gasteiger partial charge in [0.05, 0.1) is 0 Å². The van der Waals surface area contributed by atoms with Crippen LogP contribution >= 0.6 is 11.3 Å². The quantitative estimate of drug-likeness (QED) is 0.712. The van der Waals surface area contributed by atoms with Crippen molar-refractivity contribution in [2.24, 2.45) is 0 Å². The van der Waals surface area contributed by atoms with Gasteiger partial charge in [-0.15, -0.1) is 10.2 Å². The summed E-state index contributed by atoms with van der Waals surface area (Å²) in [4.78, 5) is 13.5. The Morgan fingerprint density at radius 2 is 1.83 bits per heavy atom. The van der Waals surface area contributed by atoms with Crippen molar-refractivity contribution < 1.29 is 0 Å². The Kier molecular flexibility index (Phi) is 3.79. The van der Waals surface area contributed by atoms with Crippen molar-refractivity contribution in [2.45, 2.75) is 27.2 Å². The molecule has 0 aliphatic carbocycles. The number of rotatable bonds is 3. The van der Waals surface area contributed by atoms with Crippen molar-refractivity contribution in [3.63, 3.8) is 0 Å². The van der Waals surface area contributed by atoms with E-state index in [-0.39, 0.29) is 0 Å². The predicted octanol–water partition coefficient (Wildman–Crippen LogP) is 1.48. The maximum Gasteiger partial charge on any atom is 0.254 e. The second-order valence-corrected chi connectivity index (χ2v) is 7.06. The summed E-state index contributed by atoms with van der Waals surface area (Å²) in [7, 11) is 0. The summed E-state index contributed by atoms with van der Waals surface area (Å²) in [6, 6.07) is 0. The molecule has 4 heterocycles. The number of aryl methyl sites for hydroxylation is 2. The van der Waals surface area contributed by atoms with Gasteiger partial charge in [0.2, 0.25) is 5.13 Å². The average Bonchev–Trinajstić information content (AvgIpc) is 3.22. The molecule has 0 N–H and O–H groups in total. The van der Waals surface area contributed by atoms with Crippen LogP contribution in [-0.2, 0) is 6.42 Å². The molecular formula is C15H20N8S. The second kappa shape index (κ2) is 5.97. The van der Waals surface area contributed by atoms with Crippen LogP contribution in [0.15, 0.2) is 6.33 Å². The molecule has 8 nitrogen and oxygen atoms in total. The zero-order valence-electron chi connectivity index (χ0n) is 14.1. The number of aromatic nitrogens is 6. The third kappa shape index (κ3) is 2.48. The van der Waals surface area contributed by atoms with Crippen molar-refractivity contribution in [3.8, 4) is 0 Å². The van der Waals surface area contributed by atoms with Gasteiger partial charge < -0.3 is 9.80 Å². The lowest BCUT2D eigenvalue weighted by Crippen LogP contribution is -2.47. The van der Waals surface area contributed by atoms with Crippen LogP contribution in [-0.4, -0.2) is 56.0 Å². The van der Waals surface area contributed by atoms with Gasteiger partial charge in [-0.1, -0.05) is 18.3 Å². The minimum Gasteiger partial charge on any atom is -0.353 e. The molecule has 3 aromatic heterocycles. The predicted molar refractivity (Wildman–Crippen MR) is 94.0 cm³/mol. The van der Waals surface area contributed by atoms with Gasteiger partial charge in [0.1, 0.15) is 17.2 Å². The Balaban J connectivity index is 1.63. The molecule has 0 aromatic carbocycles. The van der Waals surface area contributed by atoms with Gasteiger partial charge in [-0.05, 0) is 20.3 Å². The Labute approximate surface area is 144 Å². The molecule has 0 unspecified atom stereocenters. The number of fused-ring (bicyclic) bond motifs is 1. The normalized spacial score (nSPS) is 15.5. The Morgan fingerprint density at radius 1 is 1.08 bits per heavy atom. The molecule has 0 radical (unpaired) electrons. The van der Waals surface area contributed by atoms with Gasteiger partial charge in [-0.2, -0.15) is 14.6 Å². The van der Waals surface area contributed by atoms with Crippen molar-refractivity contribution in [3.05, 3.63) is 22.6 Å². The first-order valence-electron chi connectivity index (χ1n) is 8.16. The number of hydrogen-bond donors (Lipinski definition) is 0. The van der Waals surface area contributed by atoms with Crippen molar-refractivity contribution in [1.82, 2.24) is 29.8 Å². The summed E-state index contributed by atoms with van der Waals surface area (Å²) in [5.41, 5.74) is 2.28. The first kappa shape index (κ1) is 15.3. The molecule has 4 rings (SSSR count). The lowest BCUT2D eigenvalue weighted by Gasteiger charge is -2.36. The van der Waals surface area contributed by atoms with E-state index >= 15 is 0 Å². The van der Waals surface area contributed by atoms with Crippen molar-refractivity contribution in [2.75, 3.05) is 36.0 Å². The van der Waals surface area contributed by atoms with Crippen LogP contribution in [0.25, 0.3) is 5.78 Å². The Hall–Kier alpha value is -2.29. The summed E-state index contributed by atoms with van der Waals surface area (Å²) < 4.78 is 1.87. The van der Waals surface area contributed by atoms with E-state index in [4.69, 9.17) is 0 Å². The molecule has 0 spiro atoms. The summed E-state index contributed by atoms with van der Waals surface area (Å²) in [5.74, 6) is 1.80. The highest BCUT2D eigenvalue weighted by molar-refractivity contribution is 7.15. The zero-order chi connectivity index (χ0) is 16.7. The SMILES string of the molecule is CCc1c(C)nc2ncnn2c1N1CCN(c2nnc(C)s2)CC1. The van der Waals surface area contributed by atoms with Gasteiger partial charge in [0.25, 0.3) is 5.78 Å². The highest BCUT2D eigenvalue weighted by Crippen LogP contribution is 2.27. The maximum atomic E-state index is 4.56. The van der Waals surface area contributed by atoms with E-state index < -0.39 is 0 Å². The fourth-order valence-corrected chi connectivity index (χ4v) is 3.97. The van der Waals surface area contributed by atoms with Crippen LogP contribution in [0.4, 0.5) is 10.9 Å². The molecule has 9 heteroatoms. The molecule has 1 aliphatic heterocycles. The molecule has 24 heavy (non-hydrogen) atoms. The van der Waals surface area contributed by atoms with Gasteiger partial charge in [0, 0.05) is 37.4 Å². The molecular weight excluding hydrogens is 324 g/mol. The Bertz CT molecular complexity index is 862. The number of piperazine rings is 1. The van der Waals surface area contributed by atoms with E-state index in [9.17, 15) is 0 Å². The fourth-order valence-electron chi connectivity index (χ4n) is 3.23. The summed E-state index contributed by atoms with van der Waals surface area (Å²) in [5, 5.41) is 14.8. The van der Waals surface area contributed by atoms with Crippen molar-refractivity contribution in [1.29, 1.82) is 0 Å². The third-order valence-corrected chi connectivity index (χ3v) is 5.32. The number of nitrogens with zero attached hydrogens (tertiary/aromatic N) is 8. The summed E-state index contributed by atoms with van der Waals surface area (Å²) in [6.07, 6.45) is 2.50. The molecule has 0 atom stereocenters. The van der Waals surface area contributed by atoms with E-state index in [2.05, 4.69) is 48.9 Å². The topological polar surface area (TPSA) is 75.3 Å². The van der Waals surface area contributed by atoms with E-state index in [1.54, 1.807) is 17.7 Å². The Morgan fingerprint density at radius 3 is 2.50 bits per heavy atom. The van der Waals surface area contributed by atoms with Crippen molar-refractivity contribution >= 4 is 28.1 Å². The molecule has 1 aliphatic rings. The minimum atomic E-state index is 0.668. The van der Waals surface area contributed by atoms with Crippen LogP contribution in [0.3, 0.4) is 0 Å². The van der Waals surface area contributed by atoms with Crippen LogP contribution < -0.4 is 9.80 Å². The molecule has 0 saturated carbocycles. The largest absolute Gasteiger partial charge is 0.353 e. The second-order valence-electron chi connectivity index (χ2n) is 5.90. The first-order valence-corrected chi connectivity index (χ1v) is 8.98. The van der Waals surface area contributed by atoms with E-state index in [1.165, 1.54) is 5.56 Å². The molecule has 0 amide bonds. The number of hydrogen-bond acceptors (Lipinski definition) is 8. The van der Waals surface area contributed by atoms with E-state index in [1.807, 2.05) is 11.4 Å². The van der Waals surface area contributed by atoms with Gasteiger partial charge in [-0.3, -0.25) is 0 Å². The highest BCUT2D eigenvalue weighted by atomic mass is 32.1. The molecule has 1 fully saturated rings. The van der Waals surface area contributed by atoms with Crippen LogP contribution in [0.5, 0.6) is 0 Å².